The second-order valence-electron chi connectivity index (χ2n) is 5.95. The van der Waals surface area contributed by atoms with E-state index in [0.717, 1.165) is 47.5 Å². The van der Waals surface area contributed by atoms with Gasteiger partial charge in [0.15, 0.2) is 0 Å². The minimum absolute atomic E-state index is 0.00708. The van der Waals surface area contributed by atoms with Crippen LogP contribution in [0.15, 0.2) is 40.9 Å². The molecular formula is C19H21BrCl2N2O. The van der Waals surface area contributed by atoms with E-state index < -0.39 is 0 Å². The number of halogens is 3. The molecule has 1 saturated heterocycles. The molecule has 0 bridgehead atoms. The summed E-state index contributed by atoms with van der Waals surface area (Å²) in [4.78, 5) is 2.43. The summed E-state index contributed by atoms with van der Waals surface area (Å²) < 4.78 is 6.93. The van der Waals surface area contributed by atoms with Crippen molar-refractivity contribution in [1.82, 2.24) is 10.2 Å². The van der Waals surface area contributed by atoms with E-state index in [-0.39, 0.29) is 6.04 Å². The van der Waals surface area contributed by atoms with Crippen LogP contribution in [-0.4, -0.2) is 37.7 Å². The first kappa shape index (κ1) is 19.0. The Labute approximate surface area is 167 Å². The average Bonchev–Trinajstić information content (AvgIpc) is 2.62. The third-order valence-electron chi connectivity index (χ3n) is 4.36. The van der Waals surface area contributed by atoms with Crippen molar-refractivity contribution in [2.75, 3.05) is 32.8 Å². The van der Waals surface area contributed by atoms with E-state index in [9.17, 15) is 0 Å². The summed E-state index contributed by atoms with van der Waals surface area (Å²) >= 11 is 16.5. The summed E-state index contributed by atoms with van der Waals surface area (Å²) in [5, 5.41) is 4.59. The molecule has 0 spiro atoms. The SMILES string of the molecule is CCOc1ccc(Br)cc1C(c1cccc(Cl)c1Cl)N1CCNCC1. The molecule has 1 fully saturated rings. The molecule has 1 N–H and O–H groups in total. The second-order valence-corrected chi connectivity index (χ2v) is 7.65. The van der Waals surface area contributed by atoms with Crippen LogP contribution in [0.4, 0.5) is 0 Å². The number of hydrogen-bond donors (Lipinski definition) is 1. The van der Waals surface area contributed by atoms with Gasteiger partial charge in [-0.1, -0.05) is 51.3 Å². The lowest BCUT2D eigenvalue weighted by molar-refractivity contribution is 0.194. The smallest absolute Gasteiger partial charge is 0.124 e. The van der Waals surface area contributed by atoms with Gasteiger partial charge in [-0.15, -0.1) is 0 Å². The number of ether oxygens (including phenoxy) is 1. The minimum atomic E-state index is -0.00708. The van der Waals surface area contributed by atoms with Gasteiger partial charge in [0.1, 0.15) is 5.75 Å². The maximum Gasteiger partial charge on any atom is 0.124 e. The van der Waals surface area contributed by atoms with Crippen molar-refractivity contribution in [3.8, 4) is 5.75 Å². The quantitative estimate of drug-likeness (QED) is 0.691. The van der Waals surface area contributed by atoms with E-state index in [4.69, 9.17) is 27.9 Å². The number of nitrogens with one attached hydrogen (secondary N) is 1. The highest BCUT2D eigenvalue weighted by molar-refractivity contribution is 9.10. The molecule has 0 aromatic heterocycles. The average molecular weight is 444 g/mol. The van der Waals surface area contributed by atoms with E-state index in [2.05, 4.69) is 38.3 Å². The number of nitrogens with zero attached hydrogens (tertiary/aromatic N) is 1. The Bertz CT molecular complexity index is 735. The van der Waals surface area contributed by atoms with Crippen molar-refractivity contribution in [2.24, 2.45) is 0 Å². The minimum Gasteiger partial charge on any atom is -0.494 e. The lowest BCUT2D eigenvalue weighted by Crippen LogP contribution is -2.45. The van der Waals surface area contributed by atoms with E-state index in [1.807, 2.05) is 31.2 Å². The monoisotopic (exact) mass is 442 g/mol. The van der Waals surface area contributed by atoms with Crippen molar-refractivity contribution in [2.45, 2.75) is 13.0 Å². The molecule has 25 heavy (non-hydrogen) atoms. The van der Waals surface area contributed by atoms with Crippen LogP contribution in [0.3, 0.4) is 0 Å². The summed E-state index contributed by atoms with van der Waals surface area (Å²) in [5.41, 5.74) is 2.11. The molecular weight excluding hydrogens is 423 g/mol. The van der Waals surface area contributed by atoms with Gasteiger partial charge >= 0.3 is 0 Å². The van der Waals surface area contributed by atoms with E-state index in [1.54, 1.807) is 0 Å². The van der Waals surface area contributed by atoms with Gasteiger partial charge in [-0.05, 0) is 36.8 Å². The zero-order valence-corrected chi connectivity index (χ0v) is 17.2. The fourth-order valence-corrected chi connectivity index (χ4v) is 4.04. The third-order valence-corrected chi connectivity index (χ3v) is 5.69. The molecule has 0 amide bonds. The van der Waals surface area contributed by atoms with Crippen LogP contribution in [0, 0.1) is 0 Å². The molecule has 3 nitrogen and oxygen atoms in total. The van der Waals surface area contributed by atoms with Crippen molar-refractivity contribution in [3.63, 3.8) is 0 Å². The van der Waals surface area contributed by atoms with Gasteiger partial charge in [-0.25, -0.2) is 0 Å². The topological polar surface area (TPSA) is 24.5 Å². The zero-order valence-electron chi connectivity index (χ0n) is 14.1. The van der Waals surface area contributed by atoms with Gasteiger partial charge in [0.2, 0.25) is 0 Å². The fraction of sp³-hybridized carbons (Fsp3) is 0.368. The zero-order chi connectivity index (χ0) is 17.8. The van der Waals surface area contributed by atoms with Crippen molar-refractivity contribution in [1.29, 1.82) is 0 Å². The number of benzene rings is 2. The highest BCUT2D eigenvalue weighted by Gasteiger charge is 2.29. The van der Waals surface area contributed by atoms with Gasteiger partial charge in [-0.2, -0.15) is 0 Å². The second kappa shape index (κ2) is 8.74. The first-order valence-corrected chi connectivity index (χ1v) is 9.97. The first-order chi connectivity index (χ1) is 12.1. The van der Waals surface area contributed by atoms with Crippen LogP contribution in [0.1, 0.15) is 24.1 Å². The van der Waals surface area contributed by atoms with Gasteiger partial charge in [-0.3, -0.25) is 4.90 Å². The Balaban J connectivity index is 2.14. The summed E-state index contributed by atoms with van der Waals surface area (Å²) in [7, 11) is 0. The van der Waals surface area contributed by atoms with Crippen molar-refractivity contribution in [3.05, 3.63) is 62.0 Å². The van der Waals surface area contributed by atoms with Crippen molar-refractivity contribution < 1.29 is 4.74 Å². The predicted octanol–water partition coefficient (Wildman–Crippen LogP) is 5.15. The summed E-state index contributed by atoms with van der Waals surface area (Å²) in [6.45, 7) is 6.39. The summed E-state index contributed by atoms with van der Waals surface area (Å²) in [6.07, 6.45) is 0. The Hall–Kier alpha value is -0.780. The lowest BCUT2D eigenvalue weighted by Gasteiger charge is -2.36. The molecule has 1 unspecified atom stereocenters. The molecule has 1 aliphatic rings. The summed E-state index contributed by atoms with van der Waals surface area (Å²) in [6, 6.07) is 12.0. The van der Waals surface area contributed by atoms with Crippen LogP contribution < -0.4 is 10.1 Å². The Morgan fingerprint density at radius 2 is 1.92 bits per heavy atom. The fourth-order valence-electron chi connectivity index (χ4n) is 3.25. The number of rotatable bonds is 5. The molecule has 6 heteroatoms. The maximum atomic E-state index is 6.60. The molecule has 1 atom stereocenters. The molecule has 2 aromatic rings. The molecule has 1 aliphatic heterocycles. The highest BCUT2D eigenvalue weighted by Crippen LogP contribution is 2.41. The Kier molecular flexibility index (Phi) is 6.64. The van der Waals surface area contributed by atoms with Crippen molar-refractivity contribution >= 4 is 39.1 Å². The standard InChI is InChI=1S/C19H21BrCl2N2O/c1-2-25-17-7-6-13(20)12-15(17)19(24-10-8-23-9-11-24)14-4-3-5-16(21)18(14)22/h3-7,12,19,23H,2,8-11H2,1H3. The highest BCUT2D eigenvalue weighted by atomic mass is 79.9. The van der Waals surface area contributed by atoms with Gasteiger partial charge in [0.25, 0.3) is 0 Å². The number of hydrogen-bond acceptors (Lipinski definition) is 3. The normalized spacial score (nSPS) is 16.6. The lowest BCUT2D eigenvalue weighted by atomic mass is 9.95. The molecule has 0 aliphatic carbocycles. The molecule has 0 radical (unpaired) electrons. The van der Waals surface area contributed by atoms with E-state index >= 15 is 0 Å². The van der Waals surface area contributed by atoms with Crippen LogP contribution >= 0.6 is 39.1 Å². The molecule has 3 rings (SSSR count). The van der Waals surface area contributed by atoms with Crippen LogP contribution in [0.25, 0.3) is 0 Å². The van der Waals surface area contributed by atoms with Gasteiger partial charge in [0.05, 0.1) is 22.7 Å². The molecule has 134 valence electrons. The number of piperazine rings is 1. The third kappa shape index (κ3) is 4.32. The van der Waals surface area contributed by atoms with E-state index in [0.29, 0.717) is 16.7 Å². The first-order valence-electron chi connectivity index (χ1n) is 8.42. The summed E-state index contributed by atoms with van der Waals surface area (Å²) in [5.74, 6) is 0.880. The van der Waals surface area contributed by atoms with Crippen LogP contribution in [0.5, 0.6) is 5.75 Å². The van der Waals surface area contributed by atoms with Crippen LogP contribution in [0.2, 0.25) is 10.0 Å². The van der Waals surface area contributed by atoms with E-state index in [1.165, 1.54) is 0 Å². The molecule has 0 saturated carbocycles. The predicted molar refractivity (Wildman–Crippen MR) is 108 cm³/mol. The van der Waals surface area contributed by atoms with Gasteiger partial charge in [0, 0.05) is 36.2 Å². The molecule has 2 aromatic carbocycles. The molecule has 1 heterocycles. The largest absolute Gasteiger partial charge is 0.494 e. The Morgan fingerprint density at radius 1 is 1.16 bits per heavy atom. The van der Waals surface area contributed by atoms with Gasteiger partial charge < -0.3 is 10.1 Å². The maximum absolute atomic E-state index is 6.60. The Morgan fingerprint density at radius 3 is 2.64 bits per heavy atom. The van der Waals surface area contributed by atoms with Crippen LogP contribution in [-0.2, 0) is 0 Å².